The summed E-state index contributed by atoms with van der Waals surface area (Å²) in [6, 6.07) is 0.893. The van der Waals surface area contributed by atoms with Crippen molar-refractivity contribution in [2.45, 2.75) is 65.1 Å². The largest absolute Gasteiger partial charge is 0.417 e. The molecule has 0 bridgehead atoms. The predicted molar refractivity (Wildman–Crippen MR) is 91.8 cm³/mol. The SMILES string of the molecule is CC.CC(C)c1cc(C(F)(F)F)cn(CCCN2CCC(F)(F)C2)c1=O. The average molecular weight is 382 g/mol. The summed E-state index contributed by atoms with van der Waals surface area (Å²) in [6.45, 7) is 7.66. The lowest BCUT2D eigenvalue weighted by atomic mass is 10.0. The number of nitrogens with zero attached hydrogens (tertiary/aromatic N) is 2. The van der Waals surface area contributed by atoms with Gasteiger partial charge < -0.3 is 4.57 Å². The summed E-state index contributed by atoms with van der Waals surface area (Å²) in [7, 11) is 0. The Morgan fingerprint density at radius 2 is 1.81 bits per heavy atom. The van der Waals surface area contributed by atoms with Crippen molar-refractivity contribution in [2.24, 2.45) is 0 Å². The predicted octanol–water partition coefficient (Wildman–Crippen LogP) is 4.75. The molecule has 1 fully saturated rings. The Bertz CT molecular complexity index is 637. The molecule has 26 heavy (non-hydrogen) atoms. The summed E-state index contributed by atoms with van der Waals surface area (Å²) in [5.41, 5.74) is -1.21. The van der Waals surface area contributed by atoms with Gasteiger partial charge >= 0.3 is 6.18 Å². The molecule has 0 saturated carbocycles. The van der Waals surface area contributed by atoms with Crippen molar-refractivity contribution in [3.05, 3.63) is 33.7 Å². The first-order valence-corrected chi connectivity index (χ1v) is 8.91. The van der Waals surface area contributed by atoms with Crippen molar-refractivity contribution >= 4 is 0 Å². The fourth-order valence-electron chi connectivity index (χ4n) is 2.86. The fourth-order valence-corrected chi connectivity index (χ4v) is 2.86. The van der Waals surface area contributed by atoms with Crippen molar-refractivity contribution in [3.8, 4) is 0 Å². The highest BCUT2D eigenvalue weighted by atomic mass is 19.4. The number of hydrogen-bond donors (Lipinski definition) is 0. The summed E-state index contributed by atoms with van der Waals surface area (Å²) in [4.78, 5) is 13.9. The monoisotopic (exact) mass is 382 g/mol. The zero-order chi connectivity index (χ0) is 20.1. The van der Waals surface area contributed by atoms with Crippen LogP contribution in [0.3, 0.4) is 0 Å². The quantitative estimate of drug-likeness (QED) is 0.687. The van der Waals surface area contributed by atoms with Crippen LogP contribution in [0.2, 0.25) is 0 Å². The Morgan fingerprint density at radius 3 is 2.27 bits per heavy atom. The molecule has 0 spiro atoms. The number of likely N-dealkylation sites (tertiary alicyclic amines) is 1. The molecule has 3 nitrogen and oxygen atoms in total. The molecule has 1 aromatic rings. The average Bonchev–Trinajstić information content (AvgIpc) is 2.88. The second-order valence-corrected chi connectivity index (χ2v) is 6.57. The number of rotatable bonds is 5. The van der Waals surface area contributed by atoms with Gasteiger partial charge in [-0.1, -0.05) is 27.7 Å². The Morgan fingerprint density at radius 1 is 1.19 bits per heavy atom. The minimum atomic E-state index is -4.53. The number of halogens is 5. The van der Waals surface area contributed by atoms with Crippen LogP contribution in [0.25, 0.3) is 0 Å². The van der Waals surface area contributed by atoms with Crippen LogP contribution in [0.15, 0.2) is 17.1 Å². The summed E-state index contributed by atoms with van der Waals surface area (Å²) in [5.74, 6) is -3.03. The molecule has 1 saturated heterocycles. The fraction of sp³-hybridized carbons (Fsp3) is 0.722. The van der Waals surface area contributed by atoms with Gasteiger partial charge in [-0.2, -0.15) is 13.2 Å². The van der Waals surface area contributed by atoms with E-state index in [9.17, 15) is 26.7 Å². The normalized spacial score (nSPS) is 17.3. The molecule has 1 aliphatic heterocycles. The molecule has 150 valence electrons. The van der Waals surface area contributed by atoms with Gasteiger partial charge in [0, 0.05) is 37.8 Å². The summed E-state index contributed by atoms with van der Waals surface area (Å²) >= 11 is 0. The van der Waals surface area contributed by atoms with Crippen LogP contribution in [-0.2, 0) is 12.7 Å². The molecule has 0 atom stereocenters. The summed E-state index contributed by atoms with van der Waals surface area (Å²) in [5, 5.41) is 0. The number of aromatic nitrogens is 1. The van der Waals surface area contributed by atoms with Crippen molar-refractivity contribution in [1.82, 2.24) is 9.47 Å². The van der Waals surface area contributed by atoms with E-state index in [4.69, 9.17) is 0 Å². The maximum Gasteiger partial charge on any atom is 0.417 e. The maximum absolute atomic E-state index is 13.1. The zero-order valence-corrected chi connectivity index (χ0v) is 15.7. The smallest absolute Gasteiger partial charge is 0.315 e. The Hall–Kier alpha value is -1.44. The number of aryl methyl sites for hydroxylation is 1. The van der Waals surface area contributed by atoms with Gasteiger partial charge in [-0.05, 0) is 18.4 Å². The third kappa shape index (κ3) is 6.07. The van der Waals surface area contributed by atoms with E-state index in [2.05, 4.69) is 0 Å². The van der Waals surface area contributed by atoms with Crippen LogP contribution in [0.1, 0.15) is 57.6 Å². The van der Waals surface area contributed by atoms with Gasteiger partial charge in [0.2, 0.25) is 0 Å². The lowest BCUT2D eigenvalue weighted by Gasteiger charge is -2.18. The van der Waals surface area contributed by atoms with Crippen LogP contribution >= 0.6 is 0 Å². The van der Waals surface area contributed by atoms with Gasteiger partial charge in [-0.15, -0.1) is 0 Å². The van der Waals surface area contributed by atoms with Crippen molar-refractivity contribution in [2.75, 3.05) is 19.6 Å². The highest BCUT2D eigenvalue weighted by Crippen LogP contribution is 2.30. The molecule has 0 unspecified atom stereocenters. The molecular formula is C18H27F5N2O. The minimum absolute atomic E-state index is 0.0740. The third-order valence-corrected chi connectivity index (χ3v) is 4.19. The highest BCUT2D eigenvalue weighted by Gasteiger charge is 2.37. The molecular weight excluding hydrogens is 355 g/mol. The van der Waals surface area contributed by atoms with Crippen LogP contribution in [0, 0.1) is 0 Å². The van der Waals surface area contributed by atoms with Crippen LogP contribution < -0.4 is 5.56 Å². The second-order valence-electron chi connectivity index (χ2n) is 6.57. The van der Waals surface area contributed by atoms with E-state index in [1.165, 1.54) is 0 Å². The first-order chi connectivity index (χ1) is 12.0. The van der Waals surface area contributed by atoms with Crippen molar-refractivity contribution < 1.29 is 22.0 Å². The van der Waals surface area contributed by atoms with Crippen LogP contribution in [0.4, 0.5) is 22.0 Å². The lowest BCUT2D eigenvalue weighted by molar-refractivity contribution is -0.138. The number of pyridine rings is 1. The Labute approximate surface area is 150 Å². The van der Waals surface area contributed by atoms with Gasteiger partial charge in [0.05, 0.1) is 12.1 Å². The van der Waals surface area contributed by atoms with E-state index in [0.29, 0.717) is 13.0 Å². The van der Waals surface area contributed by atoms with E-state index in [-0.39, 0.29) is 37.5 Å². The van der Waals surface area contributed by atoms with Gasteiger partial charge in [0.25, 0.3) is 11.5 Å². The van der Waals surface area contributed by atoms with Gasteiger partial charge in [-0.25, -0.2) is 8.78 Å². The number of alkyl halides is 5. The Balaban J connectivity index is 0.00000163. The number of hydrogen-bond acceptors (Lipinski definition) is 2. The first-order valence-electron chi connectivity index (χ1n) is 8.91. The standard InChI is InChI=1S/C16H21F5N2O.C2H6/c1-11(2)13-8-12(16(19,20)21)9-23(14(13)24)6-3-5-22-7-4-15(17,18)10-22;1-2/h8-9,11H,3-7,10H2,1-2H3;1-2H3. The summed E-state index contributed by atoms with van der Waals surface area (Å²) in [6.07, 6.45) is -3.58. The molecule has 2 rings (SSSR count). The van der Waals surface area contributed by atoms with Gasteiger partial charge in [-0.3, -0.25) is 9.69 Å². The molecule has 0 radical (unpaired) electrons. The third-order valence-electron chi connectivity index (χ3n) is 4.19. The van der Waals surface area contributed by atoms with Gasteiger partial charge in [0.15, 0.2) is 0 Å². The highest BCUT2D eigenvalue weighted by molar-refractivity contribution is 5.24. The molecule has 1 aliphatic rings. The van der Waals surface area contributed by atoms with E-state index >= 15 is 0 Å². The zero-order valence-electron chi connectivity index (χ0n) is 15.7. The second kappa shape index (κ2) is 8.97. The lowest BCUT2D eigenvalue weighted by Crippen LogP contribution is -2.30. The van der Waals surface area contributed by atoms with Gasteiger partial charge in [0.1, 0.15) is 0 Å². The summed E-state index contributed by atoms with van der Waals surface area (Å²) < 4.78 is 66.2. The van der Waals surface area contributed by atoms with Crippen molar-refractivity contribution in [1.29, 1.82) is 0 Å². The molecule has 0 N–H and O–H groups in total. The van der Waals surface area contributed by atoms with Crippen LogP contribution in [0.5, 0.6) is 0 Å². The Kier molecular flexibility index (Phi) is 7.80. The molecule has 2 heterocycles. The van der Waals surface area contributed by atoms with E-state index in [0.717, 1.165) is 16.8 Å². The molecule has 1 aromatic heterocycles. The van der Waals surface area contributed by atoms with E-state index < -0.39 is 23.2 Å². The van der Waals surface area contributed by atoms with E-state index in [1.807, 2.05) is 13.8 Å². The van der Waals surface area contributed by atoms with Crippen molar-refractivity contribution in [3.63, 3.8) is 0 Å². The minimum Gasteiger partial charge on any atom is -0.315 e. The molecule has 8 heteroatoms. The van der Waals surface area contributed by atoms with E-state index in [1.54, 1.807) is 18.7 Å². The molecule has 0 aromatic carbocycles. The maximum atomic E-state index is 13.1. The topological polar surface area (TPSA) is 25.2 Å². The first kappa shape index (κ1) is 22.6. The molecule has 0 aliphatic carbocycles. The van der Waals surface area contributed by atoms with Crippen LogP contribution in [-0.4, -0.2) is 35.0 Å². The molecule has 0 amide bonds.